The lowest BCUT2D eigenvalue weighted by molar-refractivity contribution is 0.395. The van der Waals surface area contributed by atoms with E-state index < -0.39 is 0 Å². The van der Waals surface area contributed by atoms with Crippen molar-refractivity contribution in [1.82, 2.24) is 9.97 Å². The summed E-state index contributed by atoms with van der Waals surface area (Å²) in [7, 11) is 3.61. The maximum absolute atomic E-state index is 5.60. The van der Waals surface area contributed by atoms with E-state index in [2.05, 4.69) is 39.1 Å². The van der Waals surface area contributed by atoms with Gasteiger partial charge in [-0.3, -0.25) is 0 Å². The van der Waals surface area contributed by atoms with E-state index in [-0.39, 0.29) is 0 Å². The van der Waals surface area contributed by atoms with Gasteiger partial charge < -0.3 is 15.4 Å². The average molecular weight is 272 g/mol. The summed E-state index contributed by atoms with van der Waals surface area (Å²) >= 11 is 0. The Kier molecular flexibility index (Phi) is 4.53. The fourth-order valence-electron chi connectivity index (χ4n) is 1.96. The number of methoxy groups -OCH3 is 1. The third-order valence-electron chi connectivity index (χ3n) is 3.08. The third kappa shape index (κ3) is 3.45. The molecule has 0 atom stereocenters. The Morgan fingerprint density at radius 1 is 1.15 bits per heavy atom. The van der Waals surface area contributed by atoms with Crippen LogP contribution in [0.5, 0.6) is 5.88 Å². The van der Waals surface area contributed by atoms with Crippen LogP contribution in [0.15, 0.2) is 30.3 Å². The van der Waals surface area contributed by atoms with Gasteiger partial charge in [0.2, 0.25) is 5.88 Å². The van der Waals surface area contributed by atoms with Crippen LogP contribution in [-0.2, 0) is 13.1 Å². The summed E-state index contributed by atoms with van der Waals surface area (Å²) in [6, 6.07) is 10.1. The van der Waals surface area contributed by atoms with E-state index in [1.807, 2.05) is 20.0 Å². The minimum Gasteiger partial charge on any atom is -0.481 e. The summed E-state index contributed by atoms with van der Waals surface area (Å²) in [5, 5.41) is 0. The van der Waals surface area contributed by atoms with Gasteiger partial charge in [-0.05, 0) is 18.1 Å². The Labute approximate surface area is 119 Å². The average Bonchev–Trinajstić information content (AvgIpc) is 2.47. The van der Waals surface area contributed by atoms with Crippen LogP contribution in [-0.4, -0.2) is 24.1 Å². The fraction of sp³-hybridized carbons (Fsp3) is 0.333. The Morgan fingerprint density at radius 2 is 1.80 bits per heavy atom. The van der Waals surface area contributed by atoms with Crippen molar-refractivity contribution < 1.29 is 4.74 Å². The van der Waals surface area contributed by atoms with Gasteiger partial charge in [-0.15, -0.1) is 0 Å². The maximum Gasteiger partial charge on any atom is 0.218 e. The van der Waals surface area contributed by atoms with Crippen LogP contribution < -0.4 is 15.4 Å². The normalized spacial score (nSPS) is 10.4. The van der Waals surface area contributed by atoms with E-state index in [0.29, 0.717) is 18.2 Å². The molecule has 2 aromatic rings. The second-order valence-electron chi connectivity index (χ2n) is 4.69. The molecule has 1 aromatic carbocycles. The second-order valence-corrected chi connectivity index (χ2v) is 4.69. The molecule has 2 N–H and O–H groups in total. The number of hydrogen-bond acceptors (Lipinski definition) is 5. The third-order valence-corrected chi connectivity index (χ3v) is 3.08. The highest BCUT2D eigenvalue weighted by molar-refractivity contribution is 5.42. The summed E-state index contributed by atoms with van der Waals surface area (Å²) in [6.07, 6.45) is 0. The zero-order chi connectivity index (χ0) is 14.5. The summed E-state index contributed by atoms with van der Waals surface area (Å²) in [6.45, 7) is 3.19. The van der Waals surface area contributed by atoms with Crippen LogP contribution in [0.3, 0.4) is 0 Å². The van der Waals surface area contributed by atoms with Gasteiger partial charge in [0.05, 0.1) is 7.11 Å². The van der Waals surface area contributed by atoms with Crippen LogP contribution in [0.1, 0.15) is 17.0 Å². The molecular formula is C15H20N4O. The van der Waals surface area contributed by atoms with Crippen LogP contribution in [0.4, 0.5) is 5.82 Å². The van der Waals surface area contributed by atoms with E-state index in [9.17, 15) is 0 Å². The number of benzene rings is 1. The van der Waals surface area contributed by atoms with Gasteiger partial charge in [0.1, 0.15) is 11.6 Å². The predicted molar refractivity (Wildman–Crippen MR) is 79.8 cm³/mol. The standard InChI is InChI=1S/C15H20N4O/c1-11-17-14(8-15(18-11)20-3)19(2)10-13-6-4-12(9-16)5-7-13/h4-8H,9-10,16H2,1-3H3. The molecule has 5 heteroatoms. The molecule has 0 fully saturated rings. The highest BCUT2D eigenvalue weighted by Crippen LogP contribution is 2.18. The van der Waals surface area contributed by atoms with Crippen molar-refractivity contribution in [2.75, 3.05) is 19.1 Å². The maximum atomic E-state index is 5.60. The minimum absolute atomic E-state index is 0.568. The van der Waals surface area contributed by atoms with Crippen LogP contribution in [0, 0.1) is 6.92 Å². The van der Waals surface area contributed by atoms with Gasteiger partial charge in [0.15, 0.2) is 0 Å². The van der Waals surface area contributed by atoms with Gasteiger partial charge in [-0.2, -0.15) is 4.98 Å². The smallest absolute Gasteiger partial charge is 0.218 e. The second kappa shape index (κ2) is 6.34. The number of aromatic nitrogens is 2. The molecule has 2 rings (SSSR count). The number of aryl methyl sites for hydroxylation is 1. The highest BCUT2D eigenvalue weighted by atomic mass is 16.5. The molecule has 5 nitrogen and oxygen atoms in total. The van der Waals surface area contributed by atoms with Crippen LogP contribution in [0.25, 0.3) is 0 Å². The number of rotatable bonds is 5. The quantitative estimate of drug-likeness (QED) is 0.900. The number of hydrogen-bond donors (Lipinski definition) is 1. The molecule has 1 aromatic heterocycles. The summed E-state index contributed by atoms with van der Waals surface area (Å²) in [5.41, 5.74) is 7.94. The van der Waals surface area contributed by atoms with Gasteiger partial charge >= 0.3 is 0 Å². The number of nitrogens with two attached hydrogens (primary N) is 1. The first-order chi connectivity index (χ1) is 9.62. The highest BCUT2D eigenvalue weighted by Gasteiger charge is 2.07. The predicted octanol–water partition coefficient (Wildman–Crippen LogP) is 1.89. The largest absolute Gasteiger partial charge is 0.481 e. The minimum atomic E-state index is 0.568. The molecule has 20 heavy (non-hydrogen) atoms. The molecule has 0 bridgehead atoms. The van der Waals surface area contributed by atoms with E-state index in [0.717, 1.165) is 17.9 Å². The summed E-state index contributed by atoms with van der Waals surface area (Å²) < 4.78 is 5.17. The van der Waals surface area contributed by atoms with E-state index >= 15 is 0 Å². The molecule has 0 saturated carbocycles. The topological polar surface area (TPSA) is 64.3 Å². The summed E-state index contributed by atoms with van der Waals surface area (Å²) in [4.78, 5) is 10.7. The molecule has 0 spiro atoms. The Hall–Kier alpha value is -2.14. The monoisotopic (exact) mass is 272 g/mol. The first kappa shape index (κ1) is 14.3. The molecule has 0 radical (unpaired) electrons. The van der Waals surface area contributed by atoms with Crippen molar-refractivity contribution in [1.29, 1.82) is 0 Å². The molecule has 0 aliphatic rings. The number of ether oxygens (including phenoxy) is 1. The van der Waals surface area contributed by atoms with Gasteiger partial charge in [-0.1, -0.05) is 24.3 Å². The lowest BCUT2D eigenvalue weighted by Gasteiger charge is -2.19. The van der Waals surface area contributed by atoms with E-state index in [1.54, 1.807) is 7.11 Å². The Balaban J connectivity index is 2.14. The number of nitrogens with zero attached hydrogens (tertiary/aromatic N) is 3. The van der Waals surface area contributed by atoms with Gasteiger partial charge in [-0.25, -0.2) is 4.98 Å². The van der Waals surface area contributed by atoms with Crippen molar-refractivity contribution >= 4 is 5.82 Å². The van der Waals surface area contributed by atoms with Gasteiger partial charge in [0.25, 0.3) is 0 Å². The fourth-order valence-corrected chi connectivity index (χ4v) is 1.96. The van der Waals surface area contributed by atoms with Crippen molar-refractivity contribution in [2.24, 2.45) is 5.73 Å². The SMILES string of the molecule is COc1cc(N(C)Cc2ccc(CN)cc2)nc(C)n1. The van der Waals surface area contributed by atoms with Crippen molar-refractivity contribution in [3.63, 3.8) is 0 Å². The Morgan fingerprint density at radius 3 is 2.40 bits per heavy atom. The zero-order valence-electron chi connectivity index (χ0n) is 12.1. The first-order valence-electron chi connectivity index (χ1n) is 6.51. The molecule has 0 aliphatic heterocycles. The molecule has 0 amide bonds. The van der Waals surface area contributed by atoms with E-state index in [4.69, 9.17) is 10.5 Å². The lowest BCUT2D eigenvalue weighted by atomic mass is 10.1. The van der Waals surface area contributed by atoms with Crippen LogP contribution >= 0.6 is 0 Å². The van der Waals surface area contributed by atoms with Crippen molar-refractivity contribution in [3.05, 3.63) is 47.3 Å². The Bertz CT molecular complexity index is 569. The molecule has 0 aliphatic carbocycles. The summed E-state index contributed by atoms with van der Waals surface area (Å²) in [5.74, 6) is 2.12. The molecular weight excluding hydrogens is 252 g/mol. The van der Waals surface area contributed by atoms with Crippen LogP contribution in [0.2, 0.25) is 0 Å². The molecule has 0 unspecified atom stereocenters. The first-order valence-corrected chi connectivity index (χ1v) is 6.51. The molecule has 1 heterocycles. The van der Waals surface area contributed by atoms with E-state index in [1.165, 1.54) is 5.56 Å². The van der Waals surface area contributed by atoms with Gasteiger partial charge in [0, 0.05) is 26.2 Å². The molecule has 106 valence electrons. The van der Waals surface area contributed by atoms with Crippen molar-refractivity contribution in [2.45, 2.75) is 20.0 Å². The lowest BCUT2D eigenvalue weighted by Crippen LogP contribution is -2.18. The number of anilines is 1. The van der Waals surface area contributed by atoms with Crippen molar-refractivity contribution in [3.8, 4) is 5.88 Å². The zero-order valence-corrected chi connectivity index (χ0v) is 12.1. The molecule has 0 saturated heterocycles.